The average molecular weight is 1010 g/mol. The van der Waals surface area contributed by atoms with Crippen LogP contribution in [0.1, 0.15) is 116 Å². The van der Waals surface area contributed by atoms with E-state index >= 15 is 0 Å². The molecular weight excluding hydrogens is 965 g/mol. The summed E-state index contributed by atoms with van der Waals surface area (Å²) in [7, 11) is -3.48. The van der Waals surface area contributed by atoms with Gasteiger partial charge in [0.25, 0.3) is 21.2 Å². The predicted octanol–water partition coefficient (Wildman–Crippen LogP) is 2.90. The summed E-state index contributed by atoms with van der Waals surface area (Å²) in [5.74, 6) is -2.91. The van der Waals surface area contributed by atoms with Crippen molar-refractivity contribution >= 4 is 42.2 Å². The molecule has 0 aliphatic heterocycles. The Morgan fingerprint density at radius 3 is 1.69 bits per heavy atom. The zero-order valence-corrected chi connectivity index (χ0v) is 43.9. The Morgan fingerprint density at radius 1 is 0.732 bits per heavy atom. The molecule has 360 valence electrons. The maximum atomic E-state index is 13.6. The normalized spacial score (nSPS) is 10.8. The molecule has 0 saturated heterocycles. The number of allylic oxidation sites excluding steroid dienone is 2. The van der Waals surface area contributed by atoms with Crippen molar-refractivity contribution in [1.29, 1.82) is 10.5 Å². The van der Waals surface area contributed by atoms with Gasteiger partial charge >= 0.3 is 62.8 Å². The molecule has 4 aromatic heterocycles. The van der Waals surface area contributed by atoms with Crippen molar-refractivity contribution in [3.8, 4) is 12.1 Å². The molecule has 71 heavy (non-hydrogen) atoms. The number of aryl methyl sites for hydroxylation is 2. The van der Waals surface area contributed by atoms with Gasteiger partial charge < -0.3 is 13.4 Å². The molecule has 4 radical (unpaired) electrons. The van der Waals surface area contributed by atoms with Crippen LogP contribution in [0, 0.1) is 48.4 Å². The van der Waals surface area contributed by atoms with Crippen molar-refractivity contribution < 1.29 is 82.4 Å². The topological polar surface area (TPSA) is 271 Å². The molecule has 0 aliphatic carbocycles. The molecule has 4 heterocycles. The third kappa shape index (κ3) is 17.9. The molecule has 17 nitrogen and oxygen atoms in total. The molecular formula is C49H46BF2KN8O9S. The Kier molecular flexibility index (Phi) is 23.6. The number of hydrogen-bond donors (Lipinski definition) is 3. The maximum Gasteiger partial charge on any atom is 1.00 e. The number of nitrogens with zero attached hydrogens (tertiary/aromatic N) is 5. The fourth-order valence-electron chi connectivity index (χ4n) is 6.80. The SMILES string of the molecule is CS(=O)(=O)OCc1ccnc(F)c1.Cc1cc(/C=C/C#N)cc(C(=O)c2[nH]c(=O)[nH]c(=O)c2C(C)C)c1.Cc1cc(/C=C/C#N)cc(C(=O)c2c(C(C)C)c(=O)[nH]c(=O)n2Cc2ccnc(F)c2)c1.[B-].[K+]. The first-order chi connectivity index (χ1) is 32.5. The van der Waals surface area contributed by atoms with Gasteiger partial charge in [-0.05, 0) is 120 Å². The Bertz CT molecular complexity index is 3430. The minimum Gasteiger partial charge on any atom is -1.00 e. The predicted molar refractivity (Wildman–Crippen MR) is 259 cm³/mol. The fraction of sp³-hybridized carbons (Fsp3) is 0.224. The minimum atomic E-state index is -3.48. The van der Waals surface area contributed by atoms with Crippen molar-refractivity contribution in [1.82, 2.24) is 29.5 Å². The molecule has 2 aromatic carbocycles. The van der Waals surface area contributed by atoms with Gasteiger partial charge in [0.15, 0.2) is 0 Å². The molecule has 0 amide bonds. The smallest absolute Gasteiger partial charge is 1.00 e. The zero-order chi connectivity index (χ0) is 51.2. The second-order valence-corrected chi connectivity index (χ2v) is 17.5. The third-order valence-corrected chi connectivity index (χ3v) is 10.1. The molecule has 0 saturated carbocycles. The standard InChI is InChI=1S/C24H21FN4O3.C18H17N3O3.C7H8FNO3S.B.K/c1-14(2)20-21(22(30)18-10-15(3)9-16(11-18)5-4-7-26)29(24(32)28-23(20)31)13-17-6-8-27-19(25)12-17;1-10(2)14-15(20-18(24)21-17(14)23)16(22)13-8-11(3)7-12(9-13)5-4-6-19;1-13(10,11)12-5-6-2-3-9-7(8)4-6;;/h4-6,8-12,14H,13H2,1-3H3,(H,28,31,32);4-5,7-10H,1-3H3,(H2,20,21,23,24);2-4H,5H2,1H3;;/q;;;-1;+1/b2*5-4+;;;. The fourth-order valence-corrected chi connectivity index (χ4v) is 7.15. The summed E-state index contributed by atoms with van der Waals surface area (Å²) in [4.78, 5) is 89.2. The molecule has 0 fully saturated rings. The molecule has 3 N–H and O–H groups in total. The van der Waals surface area contributed by atoms with Crippen LogP contribution in [-0.4, -0.2) is 64.1 Å². The van der Waals surface area contributed by atoms with Gasteiger partial charge in [-0.1, -0.05) is 39.8 Å². The Morgan fingerprint density at radius 2 is 1.21 bits per heavy atom. The molecule has 0 atom stereocenters. The molecule has 6 rings (SSSR count). The van der Waals surface area contributed by atoms with Crippen LogP contribution in [0.4, 0.5) is 8.78 Å². The van der Waals surface area contributed by atoms with Crippen molar-refractivity contribution in [3.63, 3.8) is 0 Å². The quantitative estimate of drug-likeness (QED) is 0.0495. The number of H-pyrrole nitrogens is 3. The van der Waals surface area contributed by atoms with E-state index in [9.17, 15) is 46.0 Å². The second-order valence-electron chi connectivity index (χ2n) is 15.9. The van der Waals surface area contributed by atoms with Crippen LogP contribution in [0.3, 0.4) is 0 Å². The van der Waals surface area contributed by atoms with Gasteiger partial charge in [0.1, 0.15) is 5.69 Å². The number of benzene rings is 2. The van der Waals surface area contributed by atoms with Crippen LogP contribution in [-0.2, 0) is 27.5 Å². The van der Waals surface area contributed by atoms with Crippen molar-refractivity contribution in [3.05, 3.63) is 206 Å². The van der Waals surface area contributed by atoms with Crippen LogP contribution in [0.15, 0.2) is 104 Å². The van der Waals surface area contributed by atoms with E-state index in [4.69, 9.17) is 10.5 Å². The van der Waals surface area contributed by atoms with Crippen LogP contribution >= 0.6 is 0 Å². The molecule has 22 heteroatoms. The molecule has 6 aromatic rings. The van der Waals surface area contributed by atoms with Gasteiger partial charge in [-0.25, -0.2) is 19.6 Å². The number of nitriles is 2. The Labute approximate surface area is 451 Å². The van der Waals surface area contributed by atoms with E-state index in [-0.39, 0.29) is 113 Å². The number of carbonyl (C=O) groups excluding carboxylic acids is 2. The van der Waals surface area contributed by atoms with Crippen LogP contribution in [0.5, 0.6) is 0 Å². The van der Waals surface area contributed by atoms with Gasteiger partial charge in [-0.3, -0.25) is 37.9 Å². The summed E-state index contributed by atoms with van der Waals surface area (Å²) in [6.45, 7) is 10.4. The summed E-state index contributed by atoms with van der Waals surface area (Å²) < 4.78 is 52.8. The summed E-state index contributed by atoms with van der Waals surface area (Å²) in [6, 6.07) is 19.3. The number of aromatic nitrogens is 6. The number of rotatable bonds is 13. The minimum absolute atomic E-state index is 0. The van der Waals surface area contributed by atoms with Crippen LogP contribution in [0.2, 0.25) is 0 Å². The number of aromatic amines is 3. The van der Waals surface area contributed by atoms with Gasteiger partial charge in [0, 0.05) is 46.8 Å². The summed E-state index contributed by atoms with van der Waals surface area (Å²) in [6.07, 6.45) is 9.22. The first-order valence-electron chi connectivity index (χ1n) is 20.8. The maximum absolute atomic E-state index is 13.6. The van der Waals surface area contributed by atoms with E-state index in [0.29, 0.717) is 27.8 Å². The molecule has 0 aliphatic rings. The third-order valence-electron chi connectivity index (χ3n) is 9.60. The summed E-state index contributed by atoms with van der Waals surface area (Å²) in [5, 5.41) is 17.4. The summed E-state index contributed by atoms with van der Waals surface area (Å²) in [5.41, 5.74) is 2.07. The monoisotopic (exact) mass is 1010 g/mol. The van der Waals surface area contributed by atoms with Crippen molar-refractivity contribution in [2.24, 2.45) is 0 Å². The Hall–Kier alpha value is -6.63. The van der Waals surface area contributed by atoms with Crippen LogP contribution in [0.25, 0.3) is 12.2 Å². The van der Waals surface area contributed by atoms with Crippen molar-refractivity contribution in [2.45, 2.75) is 66.5 Å². The summed E-state index contributed by atoms with van der Waals surface area (Å²) >= 11 is 0. The Balaban J connectivity index is 0.000000391. The number of carbonyl (C=O) groups is 2. The first kappa shape index (κ1) is 60.5. The van der Waals surface area contributed by atoms with E-state index in [1.54, 1.807) is 77.1 Å². The van der Waals surface area contributed by atoms with E-state index < -0.39 is 56.1 Å². The molecule has 0 spiro atoms. The number of ketones is 2. The van der Waals surface area contributed by atoms with Crippen LogP contribution < -0.4 is 73.9 Å². The van der Waals surface area contributed by atoms with E-state index in [0.717, 1.165) is 34.1 Å². The van der Waals surface area contributed by atoms with E-state index in [1.165, 1.54) is 36.7 Å². The van der Waals surface area contributed by atoms with E-state index in [2.05, 4.69) is 29.1 Å². The van der Waals surface area contributed by atoms with Crippen molar-refractivity contribution in [2.75, 3.05) is 6.26 Å². The van der Waals surface area contributed by atoms with Gasteiger partial charge in [-0.2, -0.15) is 27.7 Å². The average Bonchev–Trinajstić information content (AvgIpc) is 3.26. The van der Waals surface area contributed by atoms with E-state index in [1.807, 2.05) is 25.1 Å². The zero-order valence-electron chi connectivity index (χ0n) is 40.0. The van der Waals surface area contributed by atoms with Gasteiger partial charge in [-0.15, -0.1) is 0 Å². The number of halogens is 2. The number of hydrogen-bond acceptors (Lipinski definition) is 13. The number of nitrogens with one attached hydrogen (secondary N) is 3. The molecule has 0 bridgehead atoms. The first-order valence-corrected chi connectivity index (χ1v) is 22.6. The molecule has 0 unspecified atom stereocenters. The van der Waals surface area contributed by atoms with Gasteiger partial charge in [0.2, 0.25) is 23.5 Å². The largest absolute Gasteiger partial charge is 1.00 e. The number of pyridine rings is 2. The van der Waals surface area contributed by atoms with Gasteiger partial charge in [0.05, 0.1) is 37.2 Å². The second kappa shape index (κ2) is 27.7.